The summed E-state index contributed by atoms with van der Waals surface area (Å²) < 4.78 is 6.67. The summed E-state index contributed by atoms with van der Waals surface area (Å²) in [5.74, 6) is 0.366. The Bertz CT molecular complexity index is 1360. The summed E-state index contributed by atoms with van der Waals surface area (Å²) in [6.45, 7) is 3.01. The van der Waals surface area contributed by atoms with Crippen LogP contribution in [0, 0.1) is 0 Å². The third-order valence-corrected chi connectivity index (χ3v) is 6.89. The van der Waals surface area contributed by atoms with Gasteiger partial charge in [0.05, 0.1) is 29.3 Å². The lowest BCUT2D eigenvalue weighted by Crippen LogP contribution is -2.35. The maximum absolute atomic E-state index is 14.4. The predicted molar refractivity (Wildman–Crippen MR) is 143 cm³/mol. The van der Waals surface area contributed by atoms with E-state index in [1.54, 1.807) is 0 Å². The number of aromatic nitrogens is 1. The van der Waals surface area contributed by atoms with Gasteiger partial charge in [-0.05, 0) is 41.8 Å². The van der Waals surface area contributed by atoms with E-state index >= 15 is 0 Å². The number of nitrogens with zero attached hydrogens (tertiary/aromatic N) is 2. The zero-order chi connectivity index (χ0) is 24.0. The van der Waals surface area contributed by atoms with Gasteiger partial charge in [0.2, 0.25) is 5.91 Å². The van der Waals surface area contributed by atoms with Crippen molar-refractivity contribution in [3.63, 3.8) is 0 Å². The fourth-order valence-electron chi connectivity index (χ4n) is 4.19. The van der Waals surface area contributed by atoms with Gasteiger partial charge in [-0.15, -0.1) is 0 Å². The molecule has 5 aromatic rings. The van der Waals surface area contributed by atoms with Crippen LogP contribution in [0.5, 0.6) is 5.75 Å². The predicted octanol–water partition coefficient (Wildman–Crippen LogP) is 7.06. The van der Waals surface area contributed by atoms with Gasteiger partial charge in [-0.1, -0.05) is 102 Å². The van der Waals surface area contributed by atoms with Crippen LogP contribution in [0.1, 0.15) is 29.5 Å². The lowest BCUT2D eigenvalue weighted by atomic mass is 9.90. The standard InChI is InChI=1S/C30H26N2O2S/c1-2-34-25-18-19-26-27(20-25)35-30(31-26)32(21-22-12-6-3-7-13-22)29(33)28(23-14-8-4-9-15-23)24-16-10-5-11-17-24/h3-20,28H,2,21H2,1H3. The Balaban J connectivity index is 1.60. The van der Waals surface area contributed by atoms with E-state index in [0.717, 1.165) is 32.7 Å². The number of rotatable bonds is 8. The highest BCUT2D eigenvalue weighted by Crippen LogP contribution is 2.35. The first-order valence-corrected chi connectivity index (χ1v) is 12.5. The van der Waals surface area contributed by atoms with E-state index in [1.807, 2.05) is 121 Å². The van der Waals surface area contributed by atoms with Gasteiger partial charge in [-0.2, -0.15) is 0 Å². The average molecular weight is 479 g/mol. The first-order valence-electron chi connectivity index (χ1n) is 11.7. The van der Waals surface area contributed by atoms with Crippen molar-refractivity contribution in [2.24, 2.45) is 0 Å². The second-order valence-corrected chi connectivity index (χ2v) is 9.23. The van der Waals surface area contributed by atoms with Crippen molar-refractivity contribution in [2.75, 3.05) is 11.5 Å². The van der Waals surface area contributed by atoms with Crippen LogP contribution in [0.4, 0.5) is 5.13 Å². The topological polar surface area (TPSA) is 42.4 Å². The van der Waals surface area contributed by atoms with E-state index < -0.39 is 5.92 Å². The molecule has 0 fully saturated rings. The van der Waals surface area contributed by atoms with E-state index in [4.69, 9.17) is 9.72 Å². The normalized spacial score (nSPS) is 11.0. The second kappa shape index (κ2) is 10.5. The zero-order valence-corrected chi connectivity index (χ0v) is 20.3. The SMILES string of the molecule is CCOc1ccc2nc(N(Cc3ccccc3)C(=O)C(c3ccccc3)c3ccccc3)sc2c1. The van der Waals surface area contributed by atoms with Crippen LogP contribution in [0.3, 0.4) is 0 Å². The lowest BCUT2D eigenvalue weighted by molar-refractivity contribution is -0.119. The molecule has 0 aliphatic rings. The van der Waals surface area contributed by atoms with Gasteiger partial charge in [0.1, 0.15) is 5.75 Å². The van der Waals surface area contributed by atoms with Crippen molar-refractivity contribution in [3.05, 3.63) is 126 Å². The molecular formula is C30H26N2O2S. The smallest absolute Gasteiger partial charge is 0.241 e. The summed E-state index contributed by atoms with van der Waals surface area (Å²) in [6.07, 6.45) is 0. The van der Waals surface area contributed by atoms with E-state index in [-0.39, 0.29) is 5.91 Å². The number of thiazole rings is 1. The van der Waals surface area contributed by atoms with Gasteiger partial charge in [0.15, 0.2) is 5.13 Å². The molecule has 0 radical (unpaired) electrons. The minimum Gasteiger partial charge on any atom is -0.494 e. The van der Waals surface area contributed by atoms with E-state index in [2.05, 4.69) is 0 Å². The van der Waals surface area contributed by atoms with Crippen molar-refractivity contribution in [3.8, 4) is 5.75 Å². The summed E-state index contributed by atoms with van der Waals surface area (Å²) in [7, 11) is 0. The Hall–Kier alpha value is -3.96. The number of anilines is 1. The quantitative estimate of drug-likeness (QED) is 0.240. The number of carbonyl (C=O) groups is 1. The van der Waals surface area contributed by atoms with Gasteiger partial charge in [0.25, 0.3) is 0 Å². The molecule has 0 unspecified atom stereocenters. The minimum absolute atomic E-state index is 0.00431. The van der Waals surface area contributed by atoms with Crippen molar-refractivity contribution in [1.82, 2.24) is 4.98 Å². The highest BCUT2D eigenvalue weighted by atomic mass is 32.1. The molecule has 0 saturated carbocycles. The Morgan fingerprint density at radius 3 is 2.06 bits per heavy atom. The Morgan fingerprint density at radius 2 is 1.46 bits per heavy atom. The number of benzene rings is 4. The molecule has 1 heterocycles. The van der Waals surface area contributed by atoms with Crippen molar-refractivity contribution >= 4 is 32.6 Å². The van der Waals surface area contributed by atoms with Crippen molar-refractivity contribution in [2.45, 2.75) is 19.4 Å². The fourth-order valence-corrected chi connectivity index (χ4v) is 5.19. The molecule has 0 bridgehead atoms. The Morgan fingerprint density at radius 1 is 0.857 bits per heavy atom. The summed E-state index contributed by atoms with van der Waals surface area (Å²) in [4.78, 5) is 21.1. The van der Waals surface area contributed by atoms with Crippen LogP contribution >= 0.6 is 11.3 Å². The molecule has 1 aromatic heterocycles. The Labute approximate surface area is 209 Å². The zero-order valence-electron chi connectivity index (χ0n) is 19.5. The van der Waals surface area contributed by atoms with Crippen LogP contribution in [0.25, 0.3) is 10.2 Å². The molecule has 4 aromatic carbocycles. The molecule has 0 atom stereocenters. The monoisotopic (exact) mass is 478 g/mol. The van der Waals surface area contributed by atoms with E-state index in [1.165, 1.54) is 11.3 Å². The molecule has 0 N–H and O–H groups in total. The summed E-state index contributed by atoms with van der Waals surface area (Å²) in [5.41, 5.74) is 3.83. The first-order chi connectivity index (χ1) is 17.2. The number of fused-ring (bicyclic) bond motifs is 1. The number of hydrogen-bond acceptors (Lipinski definition) is 4. The lowest BCUT2D eigenvalue weighted by Gasteiger charge is -2.26. The second-order valence-electron chi connectivity index (χ2n) is 8.22. The summed E-state index contributed by atoms with van der Waals surface area (Å²) in [5, 5.41) is 0.680. The van der Waals surface area contributed by atoms with Gasteiger partial charge in [-0.25, -0.2) is 4.98 Å². The van der Waals surface area contributed by atoms with Crippen molar-refractivity contribution < 1.29 is 9.53 Å². The molecule has 0 aliphatic heterocycles. The average Bonchev–Trinajstić information content (AvgIpc) is 3.32. The third kappa shape index (κ3) is 5.10. The van der Waals surface area contributed by atoms with Gasteiger partial charge < -0.3 is 4.74 Å². The number of amides is 1. The number of hydrogen-bond donors (Lipinski definition) is 0. The third-order valence-electron chi connectivity index (χ3n) is 5.85. The van der Waals surface area contributed by atoms with Gasteiger partial charge >= 0.3 is 0 Å². The van der Waals surface area contributed by atoms with Crippen LogP contribution in [-0.4, -0.2) is 17.5 Å². The van der Waals surface area contributed by atoms with Gasteiger partial charge in [-0.3, -0.25) is 9.69 Å². The molecule has 4 nitrogen and oxygen atoms in total. The van der Waals surface area contributed by atoms with Crippen LogP contribution in [0.15, 0.2) is 109 Å². The molecule has 35 heavy (non-hydrogen) atoms. The number of ether oxygens (including phenoxy) is 1. The van der Waals surface area contributed by atoms with Gasteiger partial charge in [0, 0.05) is 0 Å². The van der Waals surface area contributed by atoms with Crippen LogP contribution in [-0.2, 0) is 11.3 Å². The molecule has 174 valence electrons. The van der Waals surface area contributed by atoms with Crippen molar-refractivity contribution in [1.29, 1.82) is 0 Å². The largest absolute Gasteiger partial charge is 0.494 e. The fraction of sp³-hybridized carbons (Fsp3) is 0.133. The minimum atomic E-state index is -0.438. The van der Waals surface area contributed by atoms with E-state index in [0.29, 0.717) is 18.3 Å². The van der Waals surface area contributed by atoms with Crippen LogP contribution < -0.4 is 9.64 Å². The number of carbonyl (C=O) groups excluding carboxylic acids is 1. The molecule has 5 heteroatoms. The molecule has 1 amide bonds. The molecule has 0 aliphatic carbocycles. The maximum atomic E-state index is 14.4. The highest BCUT2D eigenvalue weighted by molar-refractivity contribution is 7.22. The molecule has 0 spiro atoms. The molecular weight excluding hydrogens is 452 g/mol. The first kappa shape index (κ1) is 22.8. The highest BCUT2D eigenvalue weighted by Gasteiger charge is 2.30. The van der Waals surface area contributed by atoms with E-state index in [9.17, 15) is 4.79 Å². The summed E-state index contributed by atoms with van der Waals surface area (Å²) in [6, 6.07) is 35.9. The van der Waals surface area contributed by atoms with Crippen LogP contribution in [0.2, 0.25) is 0 Å². The maximum Gasteiger partial charge on any atom is 0.241 e. The Kier molecular flexibility index (Phi) is 6.87. The summed E-state index contributed by atoms with van der Waals surface area (Å²) >= 11 is 1.51. The molecule has 5 rings (SSSR count). The molecule has 0 saturated heterocycles.